The molecule has 2 heterocycles. The van der Waals surface area contributed by atoms with E-state index in [0.717, 1.165) is 20.7 Å². The van der Waals surface area contributed by atoms with Gasteiger partial charge in [0.2, 0.25) is 5.91 Å². The van der Waals surface area contributed by atoms with Crippen LogP contribution in [0.15, 0.2) is 52.4 Å². The van der Waals surface area contributed by atoms with Gasteiger partial charge in [-0.1, -0.05) is 29.8 Å². The minimum Gasteiger partial charge on any atom is -0.310 e. The molecule has 134 valence electrons. The van der Waals surface area contributed by atoms with Gasteiger partial charge in [-0.2, -0.15) is 0 Å². The Kier molecular flexibility index (Phi) is 6.13. The first-order valence-electron chi connectivity index (χ1n) is 8.11. The van der Waals surface area contributed by atoms with Crippen molar-refractivity contribution in [1.82, 2.24) is 14.9 Å². The van der Waals surface area contributed by atoms with Gasteiger partial charge in [-0.15, -0.1) is 11.3 Å². The molecule has 0 fully saturated rings. The lowest BCUT2D eigenvalue weighted by molar-refractivity contribution is -0.117. The van der Waals surface area contributed by atoms with Gasteiger partial charge in [0.05, 0.1) is 12.2 Å². The number of anilines is 1. The molecular formula is C19H19BrN4OS. The second-order valence-electron chi connectivity index (χ2n) is 6.09. The quantitative estimate of drug-likeness (QED) is 0.631. The number of nitrogens with zero attached hydrogens (tertiary/aromatic N) is 3. The summed E-state index contributed by atoms with van der Waals surface area (Å²) >= 11 is 4.94. The van der Waals surface area contributed by atoms with Gasteiger partial charge < -0.3 is 5.32 Å². The topological polar surface area (TPSA) is 58.1 Å². The van der Waals surface area contributed by atoms with Crippen LogP contribution in [0.3, 0.4) is 0 Å². The average Bonchev–Trinajstić information content (AvgIpc) is 3.05. The standard InChI is InChI=1S/C19H19BrN4OS/c1-13-3-5-14(6-4-13)19-22-16(12-26-19)10-24(2)11-18(25)23-17-8-7-15(20)9-21-17/h3-9,12H,10-11H2,1-2H3,(H,21,23,25). The molecule has 0 saturated carbocycles. The number of aryl methyl sites for hydroxylation is 1. The van der Waals surface area contributed by atoms with Gasteiger partial charge in [0, 0.05) is 28.2 Å². The third-order valence-electron chi connectivity index (χ3n) is 3.69. The van der Waals surface area contributed by atoms with Gasteiger partial charge in [-0.05, 0) is 42.0 Å². The molecule has 1 amide bonds. The second kappa shape index (κ2) is 8.53. The summed E-state index contributed by atoms with van der Waals surface area (Å²) < 4.78 is 0.875. The van der Waals surface area contributed by atoms with Crippen molar-refractivity contribution in [1.29, 1.82) is 0 Å². The van der Waals surface area contributed by atoms with Gasteiger partial charge in [-0.3, -0.25) is 9.69 Å². The highest BCUT2D eigenvalue weighted by atomic mass is 79.9. The van der Waals surface area contributed by atoms with E-state index in [1.165, 1.54) is 5.56 Å². The largest absolute Gasteiger partial charge is 0.310 e. The summed E-state index contributed by atoms with van der Waals surface area (Å²) in [6.07, 6.45) is 1.65. The third kappa shape index (κ3) is 5.20. The molecule has 5 nitrogen and oxygen atoms in total. The Morgan fingerprint density at radius 2 is 2.00 bits per heavy atom. The normalized spacial score (nSPS) is 10.9. The predicted molar refractivity (Wildman–Crippen MR) is 109 cm³/mol. The molecule has 0 unspecified atom stereocenters. The molecule has 0 aliphatic rings. The maximum atomic E-state index is 12.1. The number of hydrogen-bond acceptors (Lipinski definition) is 5. The highest BCUT2D eigenvalue weighted by Gasteiger charge is 2.11. The van der Waals surface area contributed by atoms with Crippen LogP contribution in [0.2, 0.25) is 0 Å². The Morgan fingerprint density at radius 3 is 2.69 bits per heavy atom. The molecule has 26 heavy (non-hydrogen) atoms. The van der Waals surface area contributed by atoms with Crippen LogP contribution in [0.4, 0.5) is 5.82 Å². The fourth-order valence-corrected chi connectivity index (χ4v) is 3.47. The van der Waals surface area contributed by atoms with E-state index in [9.17, 15) is 4.79 Å². The molecule has 0 radical (unpaired) electrons. The zero-order chi connectivity index (χ0) is 18.5. The molecule has 1 aromatic carbocycles. The van der Waals surface area contributed by atoms with Crippen molar-refractivity contribution in [3.63, 3.8) is 0 Å². The summed E-state index contributed by atoms with van der Waals surface area (Å²) in [5.74, 6) is 0.443. The van der Waals surface area contributed by atoms with Crippen molar-refractivity contribution in [3.05, 3.63) is 63.7 Å². The lowest BCUT2D eigenvalue weighted by Gasteiger charge is -2.14. The number of likely N-dealkylation sites (N-methyl/N-ethyl adjacent to an activating group) is 1. The van der Waals surface area contributed by atoms with Crippen LogP contribution >= 0.6 is 27.3 Å². The van der Waals surface area contributed by atoms with Gasteiger partial charge in [-0.25, -0.2) is 9.97 Å². The Labute approximate surface area is 165 Å². The van der Waals surface area contributed by atoms with E-state index in [0.29, 0.717) is 12.4 Å². The average molecular weight is 431 g/mol. The molecule has 3 aromatic rings. The summed E-state index contributed by atoms with van der Waals surface area (Å²) in [5.41, 5.74) is 3.31. The van der Waals surface area contributed by atoms with E-state index in [4.69, 9.17) is 0 Å². The van der Waals surface area contributed by atoms with Gasteiger partial charge >= 0.3 is 0 Å². The highest BCUT2D eigenvalue weighted by Crippen LogP contribution is 2.24. The monoisotopic (exact) mass is 430 g/mol. The molecule has 1 N–H and O–H groups in total. The summed E-state index contributed by atoms with van der Waals surface area (Å²) in [4.78, 5) is 22.9. The fourth-order valence-electron chi connectivity index (χ4n) is 2.42. The van der Waals surface area contributed by atoms with Crippen molar-refractivity contribution < 1.29 is 4.79 Å². The third-order valence-corrected chi connectivity index (χ3v) is 5.10. The highest BCUT2D eigenvalue weighted by molar-refractivity contribution is 9.10. The van der Waals surface area contributed by atoms with Crippen LogP contribution in [-0.4, -0.2) is 34.4 Å². The Balaban J connectivity index is 1.54. The first-order valence-corrected chi connectivity index (χ1v) is 9.78. The van der Waals surface area contributed by atoms with Gasteiger partial charge in [0.15, 0.2) is 0 Å². The van der Waals surface area contributed by atoms with E-state index >= 15 is 0 Å². The zero-order valence-corrected chi connectivity index (χ0v) is 17.0. The van der Waals surface area contributed by atoms with Crippen molar-refractivity contribution in [2.75, 3.05) is 18.9 Å². The van der Waals surface area contributed by atoms with Crippen molar-refractivity contribution in [2.24, 2.45) is 0 Å². The lowest BCUT2D eigenvalue weighted by Crippen LogP contribution is -2.30. The number of thiazole rings is 1. The summed E-state index contributed by atoms with van der Waals surface area (Å²) in [7, 11) is 1.90. The molecule has 0 aliphatic carbocycles. The minimum atomic E-state index is -0.101. The number of benzene rings is 1. The molecule has 0 spiro atoms. The number of pyridine rings is 1. The van der Waals surface area contributed by atoms with Crippen LogP contribution < -0.4 is 5.32 Å². The zero-order valence-electron chi connectivity index (χ0n) is 14.6. The van der Waals surface area contributed by atoms with E-state index in [-0.39, 0.29) is 12.5 Å². The number of aromatic nitrogens is 2. The molecule has 2 aromatic heterocycles. The molecule has 0 aliphatic heterocycles. The fraction of sp³-hybridized carbons (Fsp3) is 0.211. The van der Waals surface area contributed by atoms with E-state index in [2.05, 4.69) is 62.4 Å². The van der Waals surface area contributed by atoms with Crippen molar-refractivity contribution in [3.8, 4) is 10.6 Å². The van der Waals surface area contributed by atoms with Crippen molar-refractivity contribution >= 4 is 39.0 Å². The van der Waals surface area contributed by atoms with Crippen LogP contribution in [0.25, 0.3) is 10.6 Å². The maximum Gasteiger partial charge on any atom is 0.239 e. The first-order chi connectivity index (χ1) is 12.5. The summed E-state index contributed by atoms with van der Waals surface area (Å²) in [6, 6.07) is 11.9. The van der Waals surface area contributed by atoms with Gasteiger partial charge in [0.25, 0.3) is 0 Å². The second-order valence-corrected chi connectivity index (χ2v) is 7.87. The van der Waals surface area contributed by atoms with Crippen molar-refractivity contribution in [2.45, 2.75) is 13.5 Å². The smallest absolute Gasteiger partial charge is 0.239 e. The van der Waals surface area contributed by atoms with E-state index in [1.54, 1.807) is 23.6 Å². The summed E-state index contributed by atoms with van der Waals surface area (Å²) in [6.45, 7) is 2.96. The van der Waals surface area contributed by atoms with E-state index < -0.39 is 0 Å². The Hall–Kier alpha value is -2.09. The lowest BCUT2D eigenvalue weighted by atomic mass is 10.2. The van der Waals surface area contributed by atoms with Gasteiger partial charge in [0.1, 0.15) is 10.8 Å². The van der Waals surface area contributed by atoms with Crippen LogP contribution in [0.5, 0.6) is 0 Å². The number of hydrogen-bond donors (Lipinski definition) is 1. The minimum absolute atomic E-state index is 0.101. The van der Waals surface area contributed by atoms with Crippen LogP contribution in [-0.2, 0) is 11.3 Å². The Bertz CT molecular complexity index is 877. The molecular weight excluding hydrogens is 412 g/mol. The molecule has 3 rings (SSSR count). The Morgan fingerprint density at radius 1 is 1.23 bits per heavy atom. The number of carbonyl (C=O) groups excluding carboxylic acids is 1. The number of rotatable bonds is 6. The molecule has 0 saturated heterocycles. The van der Waals surface area contributed by atoms with E-state index in [1.807, 2.05) is 23.4 Å². The number of halogens is 1. The summed E-state index contributed by atoms with van der Waals surface area (Å²) in [5, 5.41) is 5.83. The van der Waals surface area contributed by atoms with Crippen LogP contribution in [0.1, 0.15) is 11.3 Å². The maximum absolute atomic E-state index is 12.1. The number of amides is 1. The molecule has 7 heteroatoms. The SMILES string of the molecule is Cc1ccc(-c2nc(CN(C)CC(=O)Nc3ccc(Br)cn3)cs2)cc1. The predicted octanol–water partition coefficient (Wildman–Crippen LogP) is 4.35. The molecule has 0 bridgehead atoms. The number of nitrogens with one attached hydrogen (secondary N) is 1. The molecule has 0 atom stereocenters. The first kappa shape index (κ1) is 18.7. The van der Waals surface area contributed by atoms with Crippen LogP contribution in [0, 0.1) is 6.92 Å². The number of carbonyl (C=O) groups is 1.